The number of primary amides is 1. The van der Waals surface area contributed by atoms with Crippen molar-refractivity contribution in [1.29, 1.82) is 0 Å². The van der Waals surface area contributed by atoms with Gasteiger partial charge in [0.05, 0.1) is 0 Å². The van der Waals surface area contributed by atoms with E-state index < -0.39 is 12.2 Å². The zero-order valence-corrected chi connectivity index (χ0v) is 7.91. The van der Waals surface area contributed by atoms with Crippen molar-refractivity contribution in [2.24, 2.45) is 5.73 Å². The molecular formula is C9H10ClNO2. The zero-order chi connectivity index (χ0) is 9.84. The van der Waals surface area contributed by atoms with E-state index in [9.17, 15) is 4.79 Å². The number of hydrogen-bond acceptors (Lipinski definition) is 2. The van der Waals surface area contributed by atoms with Crippen LogP contribution in [-0.4, -0.2) is 6.09 Å². The van der Waals surface area contributed by atoms with Crippen molar-refractivity contribution in [2.75, 3.05) is 0 Å². The number of ether oxygens (including phenoxy) is 1. The van der Waals surface area contributed by atoms with Crippen molar-refractivity contribution in [3.63, 3.8) is 0 Å². The number of amides is 1. The van der Waals surface area contributed by atoms with Crippen LogP contribution in [-0.2, 0) is 4.74 Å². The minimum Gasteiger partial charge on any atom is -0.442 e. The molecule has 0 aliphatic carbocycles. The van der Waals surface area contributed by atoms with Gasteiger partial charge in [-0.1, -0.05) is 29.8 Å². The minimum absolute atomic E-state index is 0.411. The molecule has 1 atom stereocenters. The fraction of sp³-hybridized carbons (Fsp3) is 0.222. The quantitative estimate of drug-likeness (QED) is 0.796. The molecule has 1 rings (SSSR count). The minimum atomic E-state index is -0.799. The van der Waals surface area contributed by atoms with Crippen molar-refractivity contribution >= 4 is 17.7 Å². The molecule has 1 aromatic carbocycles. The van der Waals surface area contributed by atoms with Crippen molar-refractivity contribution in [2.45, 2.75) is 13.0 Å². The predicted octanol–water partition coefficient (Wildman–Crippen LogP) is 2.50. The third kappa shape index (κ3) is 2.63. The first-order valence-corrected chi connectivity index (χ1v) is 4.19. The van der Waals surface area contributed by atoms with Crippen LogP contribution < -0.4 is 5.73 Å². The Balaban J connectivity index is 2.82. The first-order chi connectivity index (χ1) is 6.11. The molecule has 0 aromatic heterocycles. The molecular weight excluding hydrogens is 190 g/mol. The van der Waals surface area contributed by atoms with Crippen LogP contribution >= 0.6 is 11.6 Å². The summed E-state index contributed by atoms with van der Waals surface area (Å²) in [6.45, 7) is 1.71. The van der Waals surface area contributed by atoms with Gasteiger partial charge in [0.25, 0.3) is 0 Å². The van der Waals surface area contributed by atoms with E-state index in [0.29, 0.717) is 5.02 Å². The van der Waals surface area contributed by atoms with Gasteiger partial charge in [0.1, 0.15) is 6.10 Å². The van der Waals surface area contributed by atoms with E-state index in [-0.39, 0.29) is 0 Å². The second kappa shape index (κ2) is 4.14. The highest BCUT2D eigenvalue weighted by Gasteiger charge is 2.11. The lowest BCUT2D eigenvalue weighted by Crippen LogP contribution is -2.15. The summed E-state index contributed by atoms with van der Waals surface area (Å²) >= 11 is 5.87. The summed E-state index contributed by atoms with van der Waals surface area (Å²) < 4.78 is 4.77. The van der Waals surface area contributed by atoms with Crippen LogP contribution in [0.3, 0.4) is 0 Å². The lowest BCUT2D eigenvalue weighted by molar-refractivity contribution is 0.116. The van der Waals surface area contributed by atoms with Gasteiger partial charge in [-0.15, -0.1) is 0 Å². The molecule has 0 aliphatic rings. The van der Waals surface area contributed by atoms with Gasteiger partial charge in [-0.05, 0) is 13.0 Å². The summed E-state index contributed by atoms with van der Waals surface area (Å²) in [7, 11) is 0. The van der Waals surface area contributed by atoms with E-state index in [1.54, 1.807) is 19.1 Å². The Bertz CT molecular complexity index is 314. The largest absolute Gasteiger partial charge is 0.442 e. The Morgan fingerprint density at radius 1 is 1.54 bits per heavy atom. The normalized spacial score (nSPS) is 12.2. The molecule has 1 aromatic rings. The maximum absolute atomic E-state index is 10.5. The molecule has 1 amide bonds. The first kappa shape index (κ1) is 9.86. The number of carbonyl (C=O) groups excluding carboxylic acids is 1. The second-order valence-corrected chi connectivity index (χ2v) is 3.01. The van der Waals surface area contributed by atoms with Crippen LogP contribution in [0.25, 0.3) is 0 Å². The number of halogens is 1. The number of rotatable bonds is 2. The first-order valence-electron chi connectivity index (χ1n) is 3.81. The molecule has 4 heteroatoms. The van der Waals surface area contributed by atoms with Gasteiger partial charge in [0.15, 0.2) is 0 Å². The third-order valence-corrected chi connectivity index (χ3v) is 1.98. The highest BCUT2D eigenvalue weighted by molar-refractivity contribution is 6.31. The Kier molecular flexibility index (Phi) is 3.14. The SMILES string of the molecule is CC(OC(N)=O)c1ccccc1Cl. The Labute approximate surface area is 81.4 Å². The average Bonchev–Trinajstić information content (AvgIpc) is 2.03. The Morgan fingerprint density at radius 3 is 2.69 bits per heavy atom. The summed E-state index contributed by atoms with van der Waals surface area (Å²) in [6, 6.07) is 7.15. The number of carbonyl (C=O) groups is 1. The van der Waals surface area contributed by atoms with E-state index >= 15 is 0 Å². The fourth-order valence-corrected chi connectivity index (χ4v) is 1.33. The highest BCUT2D eigenvalue weighted by Crippen LogP contribution is 2.24. The molecule has 0 spiro atoms. The number of benzene rings is 1. The molecule has 0 heterocycles. The summed E-state index contributed by atoms with van der Waals surface area (Å²) in [6.07, 6.45) is -1.21. The maximum Gasteiger partial charge on any atom is 0.405 e. The van der Waals surface area contributed by atoms with Gasteiger partial charge in [-0.2, -0.15) is 0 Å². The molecule has 1 unspecified atom stereocenters. The van der Waals surface area contributed by atoms with Gasteiger partial charge in [0, 0.05) is 10.6 Å². The molecule has 0 saturated carbocycles. The smallest absolute Gasteiger partial charge is 0.405 e. The van der Waals surface area contributed by atoms with Crippen LogP contribution in [0.2, 0.25) is 5.02 Å². The van der Waals surface area contributed by atoms with Crippen LogP contribution in [0, 0.1) is 0 Å². The van der Waals surface area contributed by atoms with Gasteiger partial charge in [-0.3, -0.25) is 0 Å². The number of hydrogen-bond donors (Lipinski definition) is 1. The lowest BCUT2D eigenvalue weighted by Gasteiger charge is -2.12. The van der Waals surface area contributed by atoms with E-state index in [4.69, 9.17) is 22.1 Å². The van der Waals surface area contributed by atoms with Crippen LogP contribution in [0.15, 0.2) is 24.3 Å². The van der Waals surface area contributed by atoms with Crippen LogP contribution in [0.5, 0.6) is 0 Å². The summed E-state index contributed by atoms with van der Waals surface area (Å²) in [5, 5.41) is 0.566. The molecule has 70 valence electrons. The van der Waals surface area contributed by atoms with Gasteiger partial charge < -0.3 is 10.5 Å². The Hall–Kier alpha value is -1.22. The monoisotopic (exact) mass is 199 g/mol. The summed E-state index contributed by atoms with van der Waals surface area (Å²) in [4.78, 5) is 10.5. The van der Waals surface area contributed by atoms with E-state index in [0.717, 1.165) is 5.56 Å². The van der Waals surface area contributed by atoms with Gasteiger partial charge >= 0.3 is 6.09 Å². The highest BCUT2D eigenvalue weighted by atomic mass is 35.5. The Morgan fingerprint density at radius 2 is 2.15 bits per heavy atom. The van der Waals surface area contributed by atoms with Gasteiger partial charge in [0.2, 0.25) is 0 Å². The van der Waals surface area contributed by atoms with Crippen LogP contribution in [0.4, 0.5) is 4.79 Å². The van der Waals surface area contributed by atoms with E-state index in [2.05, 4.69) is 0 Å². The van der Waals surface area contributed by atoms with Crippen molar-refractivity contribution in [3.05, 3.63) is 34.9 Å². The maximum atomic E-state index is 10.5. The van der Waals surface area contributed by atoms with E-state index in [1.165, 1.54) is 0 Å². The second-order valence-electron chi connectivity index (χ2n) is 2.60. The van der Waals surface area contributed by atoms with Crippen molar-refractivity contribution in [1.82, 2.24) is 0 Å². The van der Waals surface area contributed by atoms with Crippen LogP contribution in [0.1, 0.15) is 18.6 Å². The fourth-order valence-electron chi connectivity index (χ4n) is 1.04. The molecule has 0 fully saturated rings. The molecule has 13 heavy (non-hydrogen) atoms. The zero-order valence-electron chi connectivity index (χ0n) is 7.16. The topological polar surface area (TPSA) is 52.3 Å². The molecule has 0 aliphatic heterocycles. The van der Waals surface area contributed by atoms with E-state index in [1.807, 2.05) is 12.1 Å². The predicted molar refractivity (Wildman–Crippen MR) is 50.5 cm³/mol. The summed E-state index contributed by atoms with van der Waals surface area (Å²) in [5.41, 5.74) is 5.63. The van der Waals surface area contributed by atoms with Crippen molar-refractivity contribution < 1.29 is 9.53 Å². The van der Waals surface area contributed by atoms with Crippen molar-refractivity contribution in [3.8, 4) is 0 Å². The molecule has 0 radical (unpaired) electrons. The molecule has 3 nitrogen and oxygen atoms in total. The lowest BCUT2D eigenvalue weighted by atomic mass is 10.1. The third-order valence-electron chi connectivity index (χ3n) is 1.64. The molecule has 0 saturated heterocycles. The van der Waals surface area contributed by atoms with Gasteiger partial charge in [-0.25, -0.2) is 4.79 Å². The standard InChI is InChI=1S/C9H10ClNO2/c1-6(13-9(11)12)7-4-2-3-5-8(7)10/h2-6H,1H3,(H2,11,12). The summed E-state index contributed by atoms with van der Waals surface area (Å²) in [5.74, 6) is 0. The average molecular weight is 200 g/mol. The number of nitrogens with two attached hydrogens (primary N) is 1. The molecule has 0 bridgehead atoms. The molecule has 2 N–H and O–H groups in total.